The molecule has 0 amide bonds. The summed E-state index contributed by atoms with van der Waals surface area (Å²) in [7, 11) is 0. The van der Waals surface area contributed by atoms with Crippen LogP contribution in [0, 0.1) is 0 Å². The standard InChI is InChI=1S/C21H24O10/c1-8-17(26)18(27)19(28)21(29-8)30-10-5-13(23)11-7-15(25)20(31-16(11)6-10)9-2-3-12(22)14(24)4-9/h2-6,8,15,17-28H,7H2,1H3/t8-,15+,17+,18+,19-,20-,21+/m1/s1. The van der Waals surface area contributed by atoms with Crippen molar-refractivity contribution in [3.05, 3.63) is 41.5 Å². The van der Waals surface area contributed by atoms with Crippen LogP contribution in [0.5, 0.6) is 28.7 Å². The molecule has 2 aliphatic heterocycles. The Hall–Kier alpha value is -2.76. The lowest BCUT2D eigenvalue weighted by molar-refractivity contribution is -0.268. The number of hydrogen-bond acceptors (Lipinski definition) is 10. The van der Waals surface area contributed by atoms with E-state index in [1.807, 2.05) is 0 Å². The summed E-state index contributed by atoms with van der Waals surface area (Å²) in [5.41, 5.74) is 0.754. The molecule has 10 nitrogen and oxygen atoms in total. The molecule has 7 N–H and O–H groups in total. The van der Waals surface area contributed by atoms with Gasteiger partial charge in [-0.25, -0.2) is 0 Å². The number of phenolic OH excluding ortho intramolecular Hbond substituents is 3. The monoisotopic (exact) mass is 436 g/mol. The van der Waals surface area contributed by atoms with Gasteiger partial charge in [-0.15, -0.1) is 0 Å². The van der Waals surface area contributed by atoms with Crippen molar-refractivity contribution in [3.8, 4) is 28.7 Å². The van der Waals surface area contributed by atoms with Crippen LogP contribution in [0.15, 0.2) is 30.3 Å². The van der Waals surface area contributed by atoms with Crippen LogP contribution in [-0.2, 0) is 11.2 Å². The molecule has 0 aromatic heterocycles. The molecular formula is C21H24O10. The molecule has 0 unspecified atom stereocenters. The van der Waals surface area contributed by atoms with Gasteiger partial charge in [-0.05, 0) is 24.6 Å². The first-order valence-electron chi connectivity index (χ1n) is 9.74. The summed E-state index contributed by atoms with van der Waals surface area (Å²) >= 11 is 0. The van der Waals surface area contributed by atoms with E-state index >= 15 is 0 Å². The number of aliphatic hydroxyl groups excluding tert-OH is 4. The highest BCUT2D eigenvalue weighted by molar-refractivity contribution is 5.52. The Morgan fingerprint density at radius 3 is 2.32 bits per heavy atom. The van der Waals surface area contributed by atoms with Crippen molar-refractivity contribution in [2.45, 2.75) is 56.3 Å². The molecule has 0 saturated carbocycles. The SMILES string of the molecule is C[C@H]1O[C@@H](Oc2cc(O)c3c(c2)O[C@H](c2ccc(O)c(O)c2)[C@@H](O)C3)[C@H](O)[C@@H](O)[C@H]1O. The number of aliphatic hydroxyl groups is 4. The molecule has 10 heteroatoms. The van der Waals surface area contributed by atoms with Gasteiger partial charge in [-0.3, -0.25) is 0 Å². The molecule has 4 rings (SSSR count). The Morgan fingerprint density at radius 1 is 0.871 bits per heavy atom. The molecule has 1 fully saturated rings. The largest absolute Gasteiger partial charge is 0.507 e. The Kier molecular flexibility index (Phi) is 5.58. The van der Waals surface area contributed by atoms with Crippen molar-refractivity contribution < 1.29 is 50.0 Å². The molecule has 7 atom stereocenters. The second-order valence-electron chi connectivity index (χ2n) is 7.78. The highest BCUT2D eigenvalue weighted by atomic mass is 16.7. The quantitative estimate of drug-likeness (QED) is 0.326. The van der Waals surface area contributed by atoms with Gasteiger partial charge in [0.1, 0.15) is 41.7 Å². The Labute approximate surface area is 177 Å². The molecular weight excluding hydrogens is 412 g/mol. The van der Waals surface area contributed by atoms with E-state index in [1.165, 1.54) is 37.3 Å². The van der Waals surface area contributed by atoms with E-state index in [1.54, 1.807) is 0 Å². The van der Waals surface area contributed by atoms with Crippen molar-refractivity contribution in [2.24, 2.45) is 0 Å². The van der Waals surface area contributed by atoms with E-state index in [0.717, 1.165) is 0 Å². The summed E-state index contributed by atoms with van der Waals surface area (Å²) in [5.74, 6) is -0.609. The van der Waals surface area contributed by atoms with Crippen LogP contribution in [0.25, 0.3) is 0 Å². The second-order valence-corrected chi connectivity index (χ2v) is 7.78. The van der Waals surface area contributed by atoms with E-state index < -0.39 is 42.9 Å². The highest BCUT2D eigenvalue weighted by Gasteiger charge is 2.43. The molecule has 0 spiro atoms. The molecule has 2 aromatic carbocycles. The van der Waals surface area contributed by atoms with Crippen LogP contribution in [0.1, 0.15) is 24.2 Å². The Balaban J connectivity index is 1.59. The Morgan fingerprint density at radius 2 is 1.61 bits per heavy atom. The average molecular weight is 436 g/mol. The first-order valence-corrected chi connectivity index (χ1v) is 9.74. The van der Waals surface area contributed by atoms with Gasteiger partial charge in [0.05, 0.1) is 12.2 Å². The Bertz CT molecular complexity index is 963. The smallest absolute Gasteiger partial charge is 0.229 e. The number of aromatic hydroxyl groups is 3. The number of fused-ring (bicyclic) bond motifs is 1. The zero-order valence-corrected chi connectivity index (χ0v) is 16.5. The number of hydrogen-bond donors (Lipinski definition) is 7. The lowest BCUT2D eigenvalue weighted by atomic mass is 9.94. The maximum absolute atomic E-state index is 10.5. The number of ether oxygens (including phenoxy) is 3. The van der Waals surface area contributed by atoms with Crippen LogP contribution < -0.4 is 9.47 Å². The highest BCUT2D eigenvalue weighted by Crippen LogP contribution is 2.43. The third-order valence-corrected chi connectivity index (χ3v) is 5.56. The summed E-state index contributed by atoms with van der Waals surface area (Å²) in [4.78, 5) is 0. The first-order chi connectivity index (χ1) is 14.7. The molecule has 2 aliphatic rings. The summed E-state index contributed by atoms with van der Waals surface area (Å²) in [6.45, 7) is 1.52. The van der Waals surface area contributed by atoms with Crippen molar-refractivity contribution in [1.82, 2.24) is 0 Å². The zero-order chi connectivity index (χ0) is 22.4. The van der Waals surface area contributed by atoms with Crippen LogP contribution >= 0.6 is 0 Å². The predicted octanol–water partition coefficient (Wildman–Crippen LogP) is 0.0468. The summed E-state index contributed by atoms with van der Waals surface area (Å²) in [6.07, 6.45) is -8.25. The molecule has 0 bridgehead atoms. The van der Waals surface area contributed by atoms with Crippen molar-refractivity contribution >= 4 is 0 Å². The lowest BCUT2D eigenvalue weighted by Gasteiger charge is -2.39. The van der Waals surface area contributed by atoms with Crippen LogP contribution in [-0.4, -0.2) is 72.6 Å². The topological polar surface area (TPSA) is 169 Å². The molecule has 31 heavy (non-hydrogen) atoms. The van der Waals surface area contributed by atoms with Crippen molar-refractivity contribution in [1.29, 1.82) is 0 Å². The fourth-order valence-electron chi connectivity index (χ4n) is 3.77. The molecule has 0 aliphatic carbocycles. The number of rotatable bonds is 3. The molecule has 1 saturated heterocycles. The normalized spacial score (nSPS) is 32.7. The fraction of sp³-hybridized carbons (Fsp3) is 0.429. The lowest BCUT2D eigenvalue weighted by Crippen LogP contribution is -2.58. The summed E-state index contributed by atoms with van der Waals surface area (Å²) in [6, 6.07) is 6.74. The summed E-state index contributed by atoms with van der Waals surface area (Å²) < 4.78 is 16.8. The molecule has 2 heterocycles. The molecule has 2 aromatic rings. The van der Waals surface area contributed by atoms with Gasteiger partial charge in [0.15, 0.2) is 11.5 Å². The zero-order valence-electron chi connectivity index (χ0n) is 16.5. The van der Waals surface area contributed by atoms with Gasteiger partial charge in [-0.1, -0.05) is 6.07 Å². The third kappa shape index (κ3) is 3.95. The number of phenols is 3. The minimum atomic E-state index is -1.53. The van der Waals surface area contributed by atoms with Gasteiger partial charge in [0, 0.05) is 24.1 Å². The predicted molar refractivity (Wildman–Crippen MR) is 104 cm³/mol. The minimum absolute atomic E-state index is 0.0538. The first kappa shape index (κ1) is 21.5. The molecule has 168 valence electrons. The van der Waals surface area contributed by atoms with Crippen molar-refractivity contribution in [2.75, 3.05) is 0 Å². The summed E-state index contributed by atoms with van der Waals surface area (Å²) in [5, 5.41) is 70.0. The van der Waals surface area contributed by atoms with E-state index in [9.17, 15) is 35.7 Å². The minimum Gasteiger partial charge on any atom is -0.507 e. The van der Waals surface area contributed by atoms with Crippen molar-refractivity contribution in [3.63, 3.8) is 0 Å². The third-order valence-electron chi connectivity index (χ3n) is 5.56. The molecule has 0 radical (unpaired) electrons. The van der Waals surface area contributed by atoms with Gasteiger partial charge in [-0.2, -0.15) is 0 Å². The van der Waals surface area contributed by atoms with E-state index in [-0.39, 0.29) is 35.2 Å². The average Bonchev–Trinajstić information content (AvgIpc) is 2.73. The maximum Gasteiger partial charge on any atom is 0.229 e. The van der Waals surface area contributed by atoms with E-state index in [2.05, 4.69) is 0 Å². The second kappa shape index (κ2) is 8.06. The van der Waals surface area contributed by atoms with E-state index in [0.29, 0.717) is 11.1 Å². The van der Waals surface area contributed by atoms with Gasteiger partial charge in [0.25, 0.3) is 0 Å². The maximum atomic E-state index is 10.5. The van der Waals surface area contributed by atoms with Crippen LogP contribution in [0.3, 0.4) is 0 Å². The fourth-order valence-corrected chi connectivity index (χ4v) is 3.77. The van der Waals surface area contributed by atoms with Crippen LogP contribution in [0.2, 0.25) is 0 Å². The van der Waals surface area contributed by atoms with Gasteiger partial charge >= 0.3 is 0 Å². The van der Waals surface area contributed by atoms with Gasteiger partial charge < -0.3 is 50.0 Å². The number of benzene rings is 2. The van der Waals surface area contributed by atoms with Gasteiger partial charge in [0.2, 0.25) is 6.29 Å². The van der Waals surface area contributed by atoms with Crippen LogP contribution in [0.4, 0.5) is 0 Å². The van der Waals surface area contributed by atoms with E-state index in [4.69, 9.17) is 14.2 Å².